The van der Waals surface area contributed by atoms with Crippen LogP contribution in [0.5, 0.6) is 0 Å². The summed E-state index contributed by atoms with van der Waals surface area (Å²) in [6, 6.07) is 7.18. The Labute approximate surface area is 82.3 Å². The van der Waals surface area contributed by atoms with Gasteiger partial charge in [0.15, 0.2) is 6.29 Å². The van der Waals surface area contributed by atoms with Gasteiger partial charge in [-0.25, -0.2) is 0 Å². The van der Waals surface area contributed by atoms with Crippen molar-refractivity contribution in [2.45, 2.75) is 12.8 Å². The van der Waals surface area contributed by atoms with Crippen LogP contribution in [0.15, 0.2) is 24.3 Å². The van der Waals surface area contributed by atoms with Crippen LogP contribution in [0.25, 0.3) is 0 Å². The molecule has 0 bridgehead atoms. The van der Waals surface area contributed by atoms with Gasteiger partial charge in [0, 0.05) is 18.5 Å². The zero-order valence-electron chi connectivity index (χ0n) is 7.77. The molecule has 3 nitrogen and oxygen atoms in total. The minimum Gasteiger partial charge on any atom is -0.312 e. The first-order valence-corrected chi connectivity index (χ1v) is 4.67. The lowest BCUT2D eigenvalue weighted by molar-refractivity contribution is -0.117. The van der Waals surface area contributed by atoms with Gasteiger partial charge in [0.25, 0.3) is 0 Å². The molecule has 1 saturated heterocycles. The number of amides is 1. The average molecular weight is 189 g/mol. The number of hydrogen-bond donors (Lipinski definition) is 0. The summed E-state index contributed by atoms with van der Waals surface area (Å²) in [5.41, 5.74) is 1.33. The van der Waals surface area contributed by atoms with Crippen molar-refractivity contribution in [3.63, 3.8) is 0 Å². The van der Waals surface area contributed by atoms with Crippen LogP contribution in [0.2, 0.25) is 0 Å². The molecular formula is C11H11NO2. The van der Waals surface area contributed by atoms with Gasteiger partial charge in [0.2, 0.25) is 5.91 Å². The summed E-state index contributed by atoms with van der Waals surface area (Å²) < 4.78 is 0. The van der Waals surface area contributed by atoms with Crippen molar-refractivity contribution in [2.24, 2.45) is 0 Å². The Balaban J connectivity index is 2.39. The average Bonchev–Trinajstić information content (AvgIpc) is 2.64. The van der Waals surface area contributed by atoms with Crippen molar-refractivity contribution in [1.29, 1.82) is 0 Å². The summed E-state index contributed by atoms with van der Waals surface area (Å²) in [4.78, 5) is 23.9. The van der Waals surface area contributed by atoms with Gasteiger partial charge < -0.3 is 4.90 Å². The third-order valence-electron chi connectivity index (χ3n) is 2.43. The van der Waals surface area contributed by atoms with Crippen LogP contribution in [0, 0.1) is 0 Å². The number of anilines is 1. The topological polar surface area (TPSA) is 37.4 Å². The predicted molar refractivity (Wildman–Crippen MR) is 53.4 cm³/mol. The fourth-order valence-corrected chi connectivity index (χ4v) is 1.74. The number of carbonyl (C=O) groups is 2. The molecule has 1 aromatic rings. The monoisotopic (exact) mass is 189 g/mol. The zero-order chi connectivity index (χ0) is 9.97. The van der Waals surface area contributed by atoms with E-state index in [-0.39, 0.29) is 5.91 Å². The van der Waals surface area contributed by atoms with Crippen LogP contribution in [-0.4, -0.2) is 18.7 Å². The third-order valence-corrected chi connectivity index (χ3v) is 2.43. The lowest BCUT2D eigenvalue weighted by Crippen LogP contribution is -2.24. The molecule has 72 valence electrons. The number of nitrogens with zero attached hydrogens (tertiary/aromatic N) is 1. The van der Waals surface area contributed by atoms with Crippen LogP contribution in [0.3, 0.4) is 0 Å². The van der Waals surface area contributed by atoms with Crippen LogP contribution >= 0.6 is 0 Å². The highest BCUT2D eigenvalue weighted by molar-refractivity contribution is 5.99. The van der Waals surface area contributed by atoms with Gasteiger partial charge in [-0.2, -0.15) is 0 Å². The standard InChI is InChI=1S/C11H11NO2/c13-8-9-4-1-2-5-10(9)12-7-3-6-11(12)14/h1-2,4-5,8H,3,6-7H2. The fraction of sp³-hybridized carbons (Fsp3) is 0.273. The molecule has 1 amide bonds. The Hall–Kier alpha value is -1.64. The normalized spacial score (nSPS) is 16.0. The van der Waals surface area contributed by atoms with Crippen LogP contribution in [0.1, 0.15) is 23.2 Å². The molecule has 0 unspecified atom stereocenters. The van der Waals surface area contributed by atoms with Crippen molar-refractivity contribution in [2.75, 3.05) is 11.4 Å². The van der Waals surface area contributed by atoms with Crippen molar-refractivity contribution >= 4 is 17.9 Å². The van der Waals surface area contributed by atoms with E-state index in [0.717, 1.165) is 24.9 Å². The van der Waals surface area contributed by atoms with Gasteiger partial charge >= 0.3 is 0 Å². The molecule has 0 aromatic heterocycles. The highest BCUT2D eigenvalue weighted by atomic mass is 16.2. The molecule has 1 heterocycles. The van der Waals surface area contributed by atoms with E-state index in [0.29, 0.717) is 12.0 Å². The van der Waals surface area contributed by atoms with E-state index in [4.69, 9.17) is 0 Å². The SMILES string of the molecule is O=Cc1ccccc1N1CCCC1=O. The summed E-state index contributed by atoms with van der Waals surface area (Å²) in [5, 5.41) is 0. The molecule has 0 N–H and O–H groups in total. The number of carbonyl (C=O) groups excluding carboxylic acids is 2. The third kappa shape index (κ3) is 1.41. The maximum Gasteiger partial charge on any atom is 0.227 e. The van der Waals surface area contributed by atoms with E-state index < -0.39 is 0 Å². The Bertz CT molecular complexity index is 373. The molecular weight excluding hydrogens is 178 g/mol. The molecule has 1 aliphatic rings. The summed E-state index contributed by atoms with van der Waals surface area (Å²) >= 11 is 0. The van der Waals surface area contributed by atoms with Crippen molar-refractivity contribution in [3.8, 4) is 0 Å². The minimum absolute atomic E-state index is 0.110. The first-order chi connectivity index (χ1) is 6.83. The van der Waals surface area contributed by atoms with Gasteiger partial charge in [-0.1, -0.05) is 12.1 Å². The predicted octanol–water partition coefficient (Wildman–Crippen LogP) is 1.63. The van der Waals surface area contributed by atoms with Gasteiger partial charge in [0.05, 0.1) is 5.69 Å². The van der Waals surface area contributed by atoms with Crippen molar-refractivity contribution in [1.82, 2.24) is 0 Å². The van der Waals surface area contributed by atoms with E-state index in [1.54, 1.807) is 17.0 Å². The Morgan fingerprint density at radius 2 is 2.07 bits per heavy atom. The van der Waals surface area contributed by atoms with Crippen molar-refractivity contribution < 1.29 is 9.59 Å². The second kappa shape index (κ2) is 3.62. The van der Waals surface area contributed by atoms with Gasteiger partial charge in [-0.15, -0.1) is 0 Å². The van der Waals surface area contributed by atoms with E-state index in [1.165, 1.54) is 0 Å². The minimum atomic E-state index is 0.110. The first kappa shape index (κ1) is 8.94. The Morgan fingerprint density at radius 3 is 2.71 bits per heavy atom. The summed E-state index contributed by atoms with van der Waals surface area (Å²) in [6.07, 6.45) is 2.26. The van der Waals surface area contributed by atoms with Gasteiger partial charge in [-0.3, -0.25) is 9.59 Å². The molecule has 14 heavy (non-hydrogen) atoms. The first-order valence-electron chi connectivity index (χ1n) is 4.67. The quantitative estimate of drug-likeness (QED) is 0.663. The maximum atomic E-state index is 11.5. The summed E-state index contributed by atoms with van der Waals surface area (Å²) in [7, 11) is 0. The number of aldehydes is 1. The molecule has 0 aliphatic carbocycles. The molecule has 1 aliphatic heterocycles. The molecule has 0 radical (unpaired) electrons. The number of benzene rings is 1. The molecule has 1 fully saturated rings. The van der Waals surface area contributed by atoms with E-state index in [9.17, 15) is 9.59 Å². The Kier molecular flexibility index (Phi) is 2.31. The van der Waals surface area contributed by atoms with Crippen LogP contribution in [-0.2, 0) is 4.79 Å². The molecule has 0 atom stereocenters. The van der Waals surface area contributed by atoms with E-state index >= 15 is 0 Å². The van der Waals surface area contributed by atoms with Crippen molar-refractivity contribution in [3.05, 3.63) is 29.8 Å². The number of para-hydroxylation sites is 1. The highest BCUT2D eigenvalue weighted by Crippen LogP contribution is 2.23. The number of hydrogen-bond acceptors (Lipinski definition) is 2. The van der Waals surface area contributed by atoms with Gasteiger partial charge in [0.1, 0.15) is 0 Å². The second-order valence-corrected chi connectivity index (χ2v) is 3.33. The van der Waals surface area contributed by atoms with E-state index in [1.807, 2.05) is 12.1 Å². The smallest absolute Gasteiger partial charge is 0.227 e. The fourth-order valence-electron chi connectivity index (χ4n) is 1.74. The van der Waals surface area contributed by atoms with Gasteiger partial charge in [-0.05, 0) is 18.6 Å². The molecule has 1 aromatic carbocycles. The molecule has 0 saturated carbocycles. The largest absolute Gasteiger partial charge is 0.312 e. The van der Waals surface area contributed by atoms with E-state index in [2.05, 4.69) is 0 Å². The second-order valence-electron chi connectivity index (χ2n) is 3.33. The van der Waals surface area contributed by atoms with Crippen LogP contribution in [0.4, 0.5) is 5.69 Å². The number of rotatable bonds is 2. The molecule has 0 spiro atoms. The summed E-state index contributed by atoms with van der Waals surface area (Å²) in [5.74, 6) is 0.110. The van der Waals surface area contributed by atoms with Crippen LogP contribution < -0.4 is 4.90 Å². The summed E-state index contributed by atoms with van der Waals surface area (Å²) in [6.45, 7) is 0.726. The highest BCUT2D eigenvalue weighted by Gasteiger charge is 2.23. The lowest BCUT2D eigenvalue weighted by Gasteiger charge is -2.17. The molecule has 3 heteroatoms. The zero-order valence-corrected chi connectivity index (χ0v) is 7.77. The Morgan fingerprint density at radius 1 is 1.29 bits per heavy atom. The maximum absolute atomic E-state index is 11.5. The molecule has 2 rings (SSSR count). The lowest BCUT2D eigenvalue weighted by atomic mass is 10.2.